The summed E-state index contributed by atoms with van der Waals surface area (Å²) in [5.74, 6) is 1.14. The highest BCUT2D eigenvalue weighted by Crippen LogP contribution is 2.35. The van der Waals surface area contributed by atoms with E-state index in [1.807, 2.05) is 18.2 Å². The third-order valence-corrected chi connectivity index (χ3v) is 6.25. The summed E-state index contributed by atoms with van der Waals surface area (Å²) in [6.07, 6.45) is 0. The highest BCUT2D eigenvalue weighted by Gasteiger charge is 2.24. The molecule has 3 aromatic rings. The summed E-state index contributed by atoms with van der Waals surface area (Å²) in [6, 6.07) is 10.9. The van der Waals surface area contributed by atoms with Crippen LogP contribution >= 0.6 is 35.3 Å². The third-order valence-electron chi connectivity index (χ3n) is 4.97. The van der Waals surface area contributed by atoms with Crippen molar-refractivity contribution in [3.63, 3.8) is 0 Å². The van der Waals surface area contributed by atoms with Gasteiger partial charge in [0.2, 0.25) is 6.79 Å². The lowest BCUT2D eigenvalue weighted by Crippen LogP contribution is -2.38. The third kappa shape index (κ3) is 4.64. The molecule has 0 aliphatic carbocycles. The predicted molar refractivity (Wildman–Crippen MR) is 124 cm³/mol. The van der Waals surface area contributed by atoms with E-state index in [2.05, 4.69) is 18.7 Å². The summed E-state index contributed by atoms with van der Waals surface area (Å²) < 4.78 is 11.8. The second kappa shape index (κ2) is 9.83. The average Bonchev–Trinajstić information content (AvgIpc) is 3.36. The van der Waals surface area contributed by atoms with Gasteiger partial charge < -0.3 is 14.4 Å². The molecule has 0 radical (unpaired) electrons. The van der Waals surface area contributed by atoms with Gasteiger partial charge in [0, 0.05) is 23.7 Å². The number of nitrogens with zero attached hydrogens (tertiary/aromatic N) is 3. The quantitative estimate of drug-likeness (QED) is 0.484. The first-order valence-corrected chi connectivity index (χ1v) is 10.8. The molecule has 160 valence electrons. The second-order valence-electron chi connectivity index (χ2n) is 6.66. The molecule has 0 bridgehead atoms. The largest absolute Gasteiger partial charge is 0.454 e. The SMILES string of the molecule is CCN(CC)CCN(C(=O)c1ccc2c(c1)OCO2)c1nc2ccc(Cl)cc2s1.Cl. The summed E-state index contributed by atoms with van der Waals surface area (Å²) in [7, 11) is 0. The Bertz CT molecular complexity index is 1040. The summed E-state index contributed by atoms with van der Waals surface area (Å²) in [5.41, 5.74) is 1.38. The highest BCUT2D eigenvalue weighted by atomic mass is 35.5. The summed E-state index contributed by atoms with van der Waals surface area (Å²) in [4.78, 5) is 22.1. The van der Waals surface area contributed by atoms with Crippen LogP contribution in [0.4, 0.5) is 5.13 Å². The van der Waals surface area contributed by atoms with Crippen molar-refractivity contribution in [1.29, 1.82) is 0 Å². The van der Waals surface area contributed by atoms with E-state index in [1.165, 1.54) is 11.3 Å². The number of hydrogen-bond acceptors (Lipinski definition) is 6. The van der Waals surface area contributed by atoms with Gasteiger partial charge >= 0.3 is 0 Å². The number of amides is 1. The molecule has 0 spiro atoms. The molecule has 1 aromatic heterocycles. The molecule has 6 nitrogen and oxygen atoms in total. The van der Waals surface area contributed by atoms with Gasteiger partial charge in [-0.1, -0.05) is 36.8 Å². The van der Waals surface area contributed by atoms with Gasteiger partial charge in [0.25, 0.3) is 5.91 Å². The van der Waals surface area contributed by atoms with Crippen LogP contribution in [-0.2, 0) is 0 Å². The molecular formula is C21H23Cl2N3O3S. The number of benzene rings is 2. The van der Waals surface area contributed by atoms with E-state index in [0.29, 0.717) is 33.8 Å². The van der Waals surface area contributed by atoms with E-state index < -0.39 is 0 Å². The van der Waals surface area contributed by atoms with Crippen LogP contribution in [0.1, 0.15) is 24.2 Å². The molecular weight excluding hydrogens is 445 g/mol. The first kappa shape index (κ1) is 22.6. The van der Waals surface area contributed by atoms with Crippen LogP contribution in [-0.4, -0.2) is 48.8 Å². The molecule has 2 aromatic carbocycles. The summed E-state index contributed by atoms with van der Waals surface area (Å²) in [5, 5.41) is 1.32. The van der Waals surface area contributed by atoms with Gasteiger partial charge in [-0.25, -0.2) is 4.98 Å². The van der Waals surface area contributed by atoms with Crippen LogP contribution in [0.25, 0.3) is 10.2 Å². The van der Waals surface area contributed by atoms with Crippen LogP contribution in [0.5, 0.6) is 11.5 Å². The zero-order valence-corrected chi connectivity index (χ0v) is 19.1. The minimum Gasteiger partial charge on any atom is -0.454 e. The number of thiazole rings is 1. The lowest BCUT2D eigenvalue weighted by Gasteiger charge is -2.24. The van der Waals surface area contributed by atoms with Crippen molar-refractivity contribution in [3.8, 4) is 11.5 Å². The molecule has 0 fully saturated rings. The molecule has 2 heterocycles. The molecule has 1 aliphatic heterocycles. The number of hydrogen-bond donors (Lipinski definition) is 0. The smallest absolute Gasteiger partial charge is 0.260 e. The van der Waals surface area contributed by atoms with E-state index in [1.54, 1.807) is 23.1 Å². The minimum atomic E-state index is -0.111. The van der Waals surface area contributed by atoms with Crippen molar-refractivity contribution in [2.24, 2.45) is 0 Å². The van der Waals surface area contributed by atoms with Crippen molar-refractivity contribution < 1.29 is 14.3 Å². The number of halogens is 2. The number of carbonyl (C=O) groups excluding carboxylic acids is 1. The number of aromatic nitrogens is 1. The molecule has 0 saturated carbocycles. The number of anilines is 1. The number of carbonyl (C=O) groups is 1. The van der Waals surface area contributed by atoms with Gasteiger partial charge in [-0.15, -0.1) is 12.4 Å². The average molecular weight is 468 g/mol. The molecule has 0 saturated heterocycles. The van der Waals surface area contributed by atoms with E-state index >= 15 is 0 Å². The Morgan fingerprint density at radius 3 is 2.63 bits per heavy atom. The van der Waals surface area contributed by atoms with E-state index in [9.17, 15) is 4.79 Å². The topological polar surface area (TPSA) is 54.9 Å². The minimum absolute atomic E-state index is 0. The van der Waals surface area contributed by atoms with Crippen molar-refractivity contribution in [2.75, 3.05) is 37.9 Å². The molecule has 30 heavy (non-hydrogen) atoms. The van der Waals surface area contributed by atoms with Crippen LogP contribution in [0.15, 0.2) is 36.4 Å². The Balaban J connectivity index is 0.00000256. The Labute approximate surface area is 190 Å². The fraction of sp³-hybridized carbons (Fsp3) is 0.333. The molecule has 4 rings (SSSR count). The van der Waals surface area contributed by atoms with Crippen molar-refractivity contribution >= 4 is 56.6 Å². The van der Waals surface area contributed by atoms with E-state index in [0.717, 1.165) is 29.9 Å². The maximum Gasteiger partial charge on any atom is 0.260 e. The van der Waals surface area contributed by atoms with Gasteiger partial charge in [-0.05, 0) is 49.5 Å². The van der Waals surface area contributed by atoms with Crippen molar-refractivity contribution in [3.05, 3.63) is 47.0 Å². The molecule has 1 amide bonds. The first-order valence-electron chi connectivity index (χ1n) is 9.59. The number of ether oxygens (including phenoxy) is 2. The number of likely N-dealkylation sites (N-methyl/N-ethyl adjacent to an activating group) is 1. The maximum atomic E-state index is 13.4. The number of fused-ring (bicyclic) bond motifs is 2. The molecule has 0 N–H and O–H groups in total. The lowest BCUT2D eigenvalue weighted by molar-refractivity contribution is 0.0983. The maximum absolute atomic E-state index is 13.4. The molecule has 1 aliphatic rings. The van der Waals surface area contributed by atoms with Gasteiger partial charge in [0.15, 0.2) is 16.6 Å². The van der Waals surface area contributed by atoms with Gasteiger partial charge in [-0.2, -0.15) is 0 Å². The van der Waals surface area contributed by atoms with Gasteiger partial charge in [0.1, 0.15) is 0 Å². The molecule has 9 heteroatoms. The highest BCUT2D eigenvalue weighted by molar-refractivity contribution is 7.22. The summed E-state index contributed by atoms with van der Waals surface area (Å²) in [6.45, 7) is 7.58. The predicted octanol–water partition coefficient (Wildman–Crippen LogP) is 5.09. The molecule has 0 unspecified atom stereocenters. The second-order valence-corrected chi connectivity index (χ2v) is 8.11. The van der Waals surface area contributed by atoms with Crippen molar-refractivity contribution in [2.45, 2.75) is 13.8 Å². The zero-order chi connectivity index (χ0) is 20.4. The van der Waals surface area contributed by atoms with Crippen LogP contribution in [0, 0.1) is 0 Å². The fourth-order valence-electron chi connectivity index (χ4n) is 3.25. The standard InChI is InChI=1S/C21H22ClN3O3S.ClH/c1-3-24(4-2)9-10-25(21-23-16-7-6-15(22)12-19(16)29-21)20(26)14-5-8-17-18(11-14)28-13-27-17;/h5-8,11-12H,3-4,9-10,13H2,1-2H3;1H. The van der Waals surface area contributed by atoms with Gasteiger partial charge in [-0.3, -0.25) is 9.69 Å². The number of rotatable bonds is 7. The Morgan fingerprint density at radius 2 is 1.87 bits per heavy atom. The van der Waals surface area contributed by atoms with E-state index in [4.69, 9.17) is 26.1 Å². The monoisotopic (exact) mass is 467 g/mol. The van der Waals surface area contributed by atoms with Crippen LogP contribution in [0.3, 0.4) is 0 Å². The first-order chi connectivity index (χ1) is 14.1. The van der Waals surface area contributed by atoms with Crippen LogP contribution in [0.2, 0.25) is 5.02 Å². The Kier molecular flexibility index (Phi) is 7.41. The Hall–Kier alpha value is -2.06. The Morgan fingerprint density at radius 1 is 1.10 bits per heavy atom. The molecule has 0 atom stereocenters. The summed E-state index contributed by atoms with van der Waals surface area (Å²) >= 11 is 7.60. The van der Waals surface area contributed by atoms with Gasteiger partial charge in [0.05, 0.1) is 10.2 Å². The van der Waals surface area contributed by atoms with Crippen LogP contribution < -0.4 is 14.4 Å². The normalized spacial score (nSPS) is 12.3. The van der Waals surface area contributed by atoms with Crippen molar-refractivity contribution in [1.82, 2.24) is 9.88 Å². The lowest BCUT2D eigenvalue weighted by atomic mass is 10.1. The van der Waals surface area contributed by atoms with E-state index in [-0.39, 0.29) is 25.1 Å². The fourth-order valence-corrected chi connectivity index (χ4v) is 4.52. The zero-order valence-electron chi connectivity index (χ0n) is 16.8.